The quantitative estimate of drug-likeness (QED) is 0.905. The van der Waals surface area contributed by atoms with Crippen LogP contribution in [0.3, 0.4) is 0 Å². The molecule has 1 aliphatic rings. The molecule has 0 bridgehead atoms. The highest BCUT2D eigenvalue weighted by Gasteiger charge is 2.29. The highest BCUT2D eigenvalue weighted by Crippen LogP contribution is 2.21. The van der Waals surface area contributed by atoms with E-state index >= 15 is 0 Å². The third kappa shape index (κ3) is 4.40. The number of nitrogens with zero attached hydrogens (tertiary/aromatic N) is 4. The van der Waals surface area contributed by atoms with Crippen molar-refractivity contribution in [3.05, 3.63) is 10.6 Å². The summed E-state index contributed by atoms with van der Waals surface area (Å²) in [5.41, 5.74) is 0.948. The SMILES string of the molecule is CC(C)c1nnsc1CNC(=O)[C@@H]1CCCN(C(=O)N(C)C)C1. The minimum absolute atomic E-state index is 0.00404. The molecule has 1 aromatic heterocycles. The molecule has 1 atom stereocenters. The van der Waals surface area contributed by atoms with Crippen molar-refractivity contribution in [3.63, 3.8) is 0 Å². The molecule has 0 spiro atoms. The van der Waals surface area contributed by atoms with Gasteiger partial charge in [0.15, 0.2) is 0 Å². The zero-order valence-electron chi connectivity index (χ0n) is 14.2. The molecule has 8 heteroatoms. The minimum atomic E-state index is -0.143. The number of amides is 3. The lowest BCUT2D eigenvalue weighted by atomic mass is 9.97. The molecule has 0 unspecified atom stereocenters. The summed E-state index contributed by atoms with van der Waals surface area (Å²) in [5.74, 6) is 0.156. The molecule has 2 heterocycles. The number of likely N-dealkylation sites (tertiary alicyclic amines) is 1. The zero-order chi connectivity index (χ0) is 17.0. The topological polar surface area (TPSA) is 78.4 Å². The van der Waals surface area contributed by atoms with Crippen molar-refractivity contribution < 1.29 is 9.59 Å². The number of rotatable bonds is 4. The summed E-state index contributed by atoms with van der Waals surface area (Å²) in [6, 6.07) is -0.0312. The predicted molar refractivity (Wildman–Crippen MR) is 89.2 cm³/mol. The molecule has 0 radical (unpaired) electrons. The number of urea groups is 1. The van der Waals surface area contributed by atoms with E-state index in [2.05, 4.69) is 28.8 Å². The third-order valence-electron chi connectivity index (χ3n) is 4.00. The Labute approximate surface area is 141 Å². The van der Waals surface area contributed by atoms with E-state index in [-0.39, 0.29) is 17.9 Å². The standard InChI is InChI=1S/C15H25N5O2S/c1-10(2)13-12(23-18-17-13)8-16-14(21)11-6-5-7-20(9-11)15(22)19(3)4/h10-11H,5-9H2,1-4H3,(H,16,21)/t11-/m1/s1. The Morgan fingerprint density at radius 2 is 2.17 bits per heavy atom. The average molecular weight is 339 g/mol. The summed E-state index contributed by atoms with van der Waals surface area (Å²) < 4.78 is 3.97. The highest BCUT2D eigenvalue weighted by atomic mass is 32.1. The molecule has 0 aliphatic carbocycles. The number of carbonyl (C=O) groups is 2. The summed E-state index contributed by atoms with van der Waals surface area (Å²) in [4.78, 5) is 28.8. The molecule has 128 valence electrons. The molecule has 1 saturated heterocycles. The molecule has 23 heavy (non-hydrogen) atoms. The van der Waals surface area contributed by atoms with Gasteiger partial charge >= 0.3 is 6.03 Å². The van der Waals surface area contributed by atoms with Gasteiger partial charge in [-0.3, -0.25) is 4.79 Å². The van der Waals surface area contributed by atoms with Gasteiger partial charge in [-0.05, 0) is 30.3 Å². The first-order valence-electron chi connectivity index (χ1n) is 7.95. The number of carbonyl (C=O) groups excluding carboxylic acids is 2. The second-order valence-corrected chi connectivity index (χ2v) is 7.25. The first-order chi connectivity index (χ1) is 10.9. The second kappa shape index (κ2) is 7.72. The molecule has 7 nitrogen and oxygen atoms in total. The van der Waals surface area contributed by atoms with Crippen LogP contribution in [0.1, 0.15) is 43.2 Å². The van der Waals surface area contributed by atoms with E-state index in [9.17, 15) is 9.59 Å². The van der Waals surface area contributed by atoms with Gasteiger partial charge in [0.25, 0.3) is 0 Å². The summed E-state index contributed by atoms with van der Waals surface area (Å²) in [5, 5.41) is 7.10. The van der Waals surface area contributed by atoms with E-state index in [0.717, 1.165) is 30.0 Å². The van der Waals surface area contributed by atoms with Crippen LogP contribution in [-0.4, -0.2) is 58.5 Å². The van der Waals surface area contributed by atoms with Crippen LogP contribution in [0.15, 0.2) is 0 Å². The molecule has 0 saturated carbocycles. The fraction of sp³-hybridized carbons (Fsp3) is 0.733. The monoisotopic (exact) mass is 339 g/mol. The van der Waals surface area contributed by atoms with Crippen molar-refractivity contribution in [2.75, 3.05) is 27.2 Å². The number of piperidine rings is 1. The maximum Gasteiger partial charge on any atom is 0.319 e. The van der Waals surface area contributed by atoms with Crippen molar-refractivity contribution >= 4 is 23.5 Å². The van der Waals surface area contributed by atoms with E-state index in [0.29, 0.717) is 19.0 Å². The van der Waals surface area contributed by atoms with Crippen LogP contribution in [0.2, 0.25) is 0 Å². The summed E-state index contributed by atoms with van der Waals surface area (Å²) in [7, 11) is 3.46. The first kappa shape index (κ1) is 17.7. The van der Waals surface area contributed by atoms with E-state index in [1.54, 1.807) is 23.9 Å². The summed E-state index contributed by atoms with van der Waals surface area (Å²) in [6.45, 7) is 5.79. The van der Waals surface area contributed by atoms with Gasteiger partial charge in [-0.1, -0.05) is 18.3 Å². The Morgan fingerprint density at radius 1 is 1.43 bits per heavy atom. The van der Waals surface area contributed by atoms with E-state index in [1.165, 1.54) is 11.5 Å². The fourth-order valence-corrected chi connectivity index (χ4v) is 3.47. The molecule has 1 aromatic rings. The lowest BCUT2D eigenvalue weighted by Crippen LogP contribution is -2.48. The van der Waals surface area contributed by atoms with Crippen LogP contribution in [0.25, 0.3) is 0 Å². The van der Waals surface area contributed by atoms with Gasteiger partial charge in [0, 0.05) is 27.2 Å². The van der Waals surface area contributed by atoms with Crippen LogP contribution >= 0.6 is 11.5 Å². The molecule has 1 fully saturated rings. The zero-order valence-corrected chi connectivity index (χ0v) is 15.0. The number of hydrogen-bond acceptors (Lipinski definition) is 5. The van der Waals surface area contributed by atoms with Crippen molar-refractivity contribution in [1.82, 2.24) is 24.7 Å². The largest absolute Gasteiger partial charge is 0.351 e. The van der Waals surface area contributed by atoms with Crippen molar-refractivity contribution in [1.29, 1.82) is 0 Å². The Kier molecular flexibility index (Phi) is 5.92. The van der Waals surface area contributed by atoms with E-state index < -0.39 is 0 Å². The van der Waals surface area contributed by atoms with Gasteiger partial charge in [0.2, 0.25) is 5.91 Å². The van der Waals surface area contributed by atoms with E-state index in [4.69, 9.17) is 0 Å². The highest BCUT2D eigenvalue weighted by molar-refractivity contribution is 7.05. The molecule has 0 aromatic carbocycles. The lowest BCUT2D eigenvalue weighted by Gasteiger charge is -2.33. The first-order valence-corrected chi connectivity index (χ1v) is 8.72. The fourth-order valence-electron chi connectivity index (χ4n) is 2.74. The number of aromatic nitrogens is 2. The van der Waals surface area contributed by atoms with Gasteiger partial charge in [-0.15, -0.1) is 5.10 Å². The second-order valence-electron chi connectivity index (χ2n) is 6.42. The van der Waals surface area contributed by atoms with Crippen LogP contribution in [-0.2, 0) is 11.3 Å². The van der Waals surface area contributed by atoms with Gasteiger partial charge in [-0.25, -0.2) is 4.79 Å². The molecule has 3 amide bonds. The van der Waals surface area contributed by atoms with Crippen molar-refractivity contribution in [2.45, 2.75) is 39.2 Å². The molecule has 1 aliphatic heterocycles. The van der Waals surface area contributed by atoms with Crippen molar-refractivity contribution in [2.24, 2.45) is 5.92 Å². The summed E-state index contributed by atoms with van der Waals surface area (Å²) in [6.07, 6.45) is 1.68. The summed E-state index contributed by atoms with van der Waals surface area (Å²) >= 11 is 1.33. The lowest BCUT2D eigenvalue weighted by molar-refractivity contribution is -0.126. The molecular formula is C15H25N5O2S. The Balaban J connectivity index is 1.90. The normalized spacial score (nSPS) is 18.1. The number of hydrogen-bond donors (Lipinski definition) is 1. The Morgan fingerprint density at radius 3 is 2.83 bits per heavy atom. The van der Waals surface area contributed by atoms with Crippen LogP contribution in [0.5, 0.6) is 0 Å². The molecule has 2 rings (SSSR count). The molecule has 1 N–H and O–H groups in total. The van der Waals surface area contributed by atoms with Crippen LogP contribution < -0.4 is 5.32 Å². The third-order valence-corrected chi connectivity index (χ3v) is 4.74. The van der Waals surface area contributed by atoms with Gasteiger partial charge in [0.1, 0.15) is 0 Å². The Hall–Kier alpha value is -1.70. The predicted octanol–water partition coefficient (Wildman–Crippen LogP) is 1.67. The average Bonchev–Trinajstić information content (AvgIpc) is 3.00. The Bertz CT molecular complexity index is 558. The smallest absolute Gasteiger partial charge is 0.319 e. The van der Waals surface area contributed by atoms with Gasteiger partial charge in [0.05, 0.1) is 23.0 Å². The minimum Gasteiger partial charge on any atom is -0.351 e. The van der Waals surface area contributed by atoms with Gasteiger partial charge < -0.3 is 15.1 Å². The van der Waals surface area contributed by atoms with Crippen LogP contribution in [0.4, 0.5) is 4.79 Å². The van der Waals surface area contributed by atoms with Crippen LogP contribution in [0, 0.1) is 5.92 Å². The van der Waals surface area contributed by atoms with Crippen molar-refractivity contribution in [3.8, 4) is 0 Å². The van der Waals surface area contributed by atoms with Gasteiger partial charge in [-0.2, -0.15) is 0 Å². The maximum atomic E-state index is 12.4. The van der Waals surface area contributed by atoms with E-state index in [1.807, 2.05) is 0 Å². The maximum absolute atomic E-state index is 12.4. The number of nitrogens with one attached hydrogen (secondary N) is 1. The molecular weight excluding hydrogens is 314 g/mol.